The molecule has 0 saturated carbocycles. The minimum Gasteiger partial charge on any atom is -0.493 e. The lowest BCUT2D eigenvalue weighted by atomic mass is 9.88. The number of aliphatic hydroxyl groups excluding tert-OH is 1. The summed E-state index contributed by atoms with van der Waals surface area (Å²) in [5.41, 5.74) is 5.34. The van der Waals surface area contributed by atoms with E-state index in [0.717, 1.165) is 34.5 Å². The maximum Gasteiger partial charge on any atom is 0.416 e. The number of nitrogens with one attached hydrogen (secondary N) is 2. The van der Waals surface area contributed by atoms with Gasteiger partial charge in [-0.25, -0.2) is 9.69 Å². The minimum atomic E-state index is -1.47. The number of nitrogens with zero attached hydrogens (tertiary/aromatic N) is 5. The number of likely N-dealkylation sites (tertiary alicyclic amines) is 1. The molecule has 0 spiro atoms. The van der Waals surface area contributed by atoms with E-state index in [1.165, 1.54) is 16.9 Å². The highest BCUT2D eigenvalue weighted by atomic mass is 16.6. The number of fused-ring (bicyclic) bond motifs is 4. The summed E-state index contributed by atoms with van der Waals surface area (Å²) in [6.07, 6.45) is 7.85. The van der Waals surface area contributed by atoms with Crippen LogP contribution in [0.5, 0.6) is 17.2 Å². The number of ether oxygens (including phenoxy) is 12. The van der Waals surface area contributed by atoms with Gasteiger partial charge in [-0.2, -0.15) is 0 Å². The topological polar surface area (TPSA) is 317 Å². The van der Waals surface area contributed by atoms with Gasteiger partial charge < -0.3 is 82.4 Å². The van der Waals surface area contributed by atoms with E-state index in [1.54, 1.807) is 79.7 Å². The van der Waals surface area contributed by atoms with Crippen molar-refractivity contribution in [2.24, 2.45) is 22.7 Å². The third kappa shape index (κ3) is 25.8. The normalized spacial score (nSPS) is 18.0. The lowest BCUT2D eigenvalue weighted by molar-refractivity contribution is -0.139. The van der Waals surface area contributed by atoms with E-state index in [9.17, 15) is 43.5 Å². The van der Waals surface area contributed by atoms with E-state index in [2.05, 4.69) is 15.6 Å². The van der Waals surface area contributed by atoms with Crippen molar-refractivity contribution in [3.05, 3.63) is 99.9 Å². The number of aryl methyl sites for hydroxylation is 1. The Morgan fingerprint density at radius 1 is 0.626 bits per heavy atom. The zero-order valence-electron chi connectivity index (χ0n) is 63.6. The van der Waals surface area contributed by atoms with E-state index in [-0.39, 0.29) is 109 Å². The molecule has 28 heteroatoms. The molecule has 1 unspecified atom stereocenters. The fourth-order valence-electron chi connectivity index (χ4n) is 12.9. The zero-order chi connectivity index (χ0) is 76.6. The molecule has 5 aliphatic heterocycles. The number of aliphatic imine (C=N–C) groups is 1. The number of methoxy groups -OCH3 is 1. The van der Waals surface area contributed by atoms with Crippen LogP contribution in [-0.2, 0) is 86.1 Å². The summed E-state index contributed by atoms with van der Waals surface area (Å²) in [5, 5.41) is 18.1. The predicted molar refractivity (Wildman–Crippen MR) is 397 cm³/mol. The molecule has 107 heavy (non-hydrogen) atoms. The van der Waals surface area contributed by atoms with Crippen molar-refractivity contribution in [2.45, 2.75) is 150 Å². The van der Waals surface area contributed by atoms with E-state index >= 15 is 0 Å². The second-order valence-corrected chi connectivity index (χ2v) is 27.7. The monoisotopic (exact) mass is 1490 g/mol. The van der Waals surface area contributed by atoms with Crippen molar-refractivity contribution in [3.63, 3.8) is 0 Å². The molecule has 3 aromatic carbocycles. The third-order valence-electron chi connectivity index (χ3n) is 19.0. The number of aliphatic hydroxyl groups is 1. The first-order valence-corrected chi connectivity index (χ1v) is 37.7. The Morgan fingerprint density at radius 3 is 1.79 bits per heavy atom. The van der Waals surface area contributed by atoms with Gasteiger partial charge in [0.15, 0.2) is 23.5 Å². The number of carbonyl (C=O) groups is 8. The van der Waals surface area contributed by atoms with Crippen LogP contribution in [0, 0.1) is 17.8 Å². The molecule has 28 nitrogen and oxygen atoms in total. The molecule has 3 N–H and O–H groups in total. The molecule has 0 aromatic heterocycles. The van der Waals surface area contributed by atoms with E-state index in [0.29, 0.717) is 203 Å². The molecule has 0 aliphatic carbocycles. The summed E-state index contributed by atoms with van der Waals surface area (Å²) < 4.78 is 68.5. The first-order valence-electron chi connectivity index (χ1n) is 37.7. The average molecular weight is 1490 g/mol. The van der Waals surface area contributed by atoms with Gasteiger partial charge in [0.25, 0.3) is 11.8 Å². The molecule has 3 aromatic rings. The summed E-state index contributed by atoms with van der Waals surface area (Å²) in [5.74, 6) is -1.06. The molecule has 5 aliphatic rings. The molecule has 588 valence electrons. The van der Waals surface area contributed by atoms with Crippen LogP contribution in [0.4, 0.5) is 16.2 Å². The number of ketones is 2. The van der Waals surface area contributed by atoms with Gasteiger partial charge in [-0.3, -0.25) is 43.5 Å². The van der Waals surface area contributed by atoms with Gasteiger partial charge >= 0.3 is 6.09 Å². The van der Waals surface area contributed by atoms with Crippen LogP contribution in [0.1, 0.15) is 144 Å². The smallest absolute Gasteiger partial charge is 0.416 e. The minimum absolute atomic E-state index is 0.00255. The van der Waals surface area contributed by atoms with Gasteiger partial charge in [-0.15, -0.1) is 0 Å². The molecule has 8 rings (SSSR count). The number of hydrogen-bond acceptors (Lipinski definition) is 23. The highest BCUT2D eigenvalue weighted by Crippen LogP contribution is 2.41. The van der Waals surface area contributed by atoms with Crippen molar-refractivity contribution in [1.82, 2.24) is 25.3 Å². The zero-order valence-corrected chi connectivity index (χ0v) is 63.6. The SMILES string of the molecule is CCc1cc2c(cc1OCCCCCOc1cc3c(cc1OC)C(=O)N1C=C(C)C[C@H]1C=N3)N(C(=O)OCc1ccc(CC(=O)[C@H](C)NC(=O)[C@@H](CC(=O)CCOCCOCCOCCOCCOCCOCCOCCOCCNCCCN3C(=O)CC(C)C3=O)C(C)C)cc1)[C@@H](O)[C@@H]1CC(C)=CN1C2=O. The number of anilines is 1. The van der Waals surface area contributed by atoms with Gasteiger partial charge in [0.05, 0.1) is 167 Å². The molecule has 0 bridgehead atoms. The van der Waals surface area contributed by atoms with Crippen LogP contribution in [-0.4, -0.2) is 243 Å². The Morgan fingerprint density at radius 2 is 1.20 bits per heavy atom. The predicted octanol–water partition coefficient (Wildman–Crippen LogP) is 8.06. The van der Waals surface area contributed by atoms with Gasteiger partial charge in [0.2, 0.25) is 17.7 Å². The fourth-order valence-corrected chi connectivity index (χ4v) is 12.9. The van der Waals surface area contributed by atoms with Crippen LogP contribution in [0.15, 0.2) is 77.1 Å². The molecular weight excluding hydrogens is 1380 g/mol. The van der Waals surface area contributed by atoms with Crippen molar-refractivity contribution >= 4 is 64.8 Å². The number of unbranched alkanes of at least 4 members (excludes halogenated alkanes) is 2. The highest BCUT2D eigenvalue weighted by molar-refractivity contribution is 6.07. The fraction of sp³-hybridized carbons (Fsp3) is 0.608. The number of rotatable bonds is 51. The quantitative estimate of drug-likeness (QED) is 0.0355. The van der Waals surface area contributed by atoms with Gasteiger partial charge in [0, 0.05) is 81.4 Å². The van der Waals surface area contributed by atoms with E-state index in [4.69, 9.17) is 56.8 Å². The van der Waals surface area contributed by atoms with E-state index < -0.39 is 30.3 Å². The third-order valence-corrected chi connectivity index (χ3v) is 19.0. The first kappa shape index (κ1) is 84.6. The lowest BCUT2D eigenvalue weighted by Crippen LogP contribution is -2.50. The van der Waals surface area contributed by atoms with Gasteiger partial charge in [-0.05, 0) is 107 Å². The van der Waals surface area contributed by atoms with Crippen LogP contribution in [0.3, 0.4) is 0 Å². The Balaban J connectivity index is 0.647. The molecule has 1 fully saturated rings. The summed E-state index contributed by atoms with van der Waals surface area (Å²) >= 11 is 0. The second-order valence-electron chi connectivity index (χ2n) is 27.7. The van der Waals surface area contributed by atoms with Crippen molar-refractivity contribution in [3.8, 4) is 17.2 Å². The Labute approximate surface area is 628 Å². The molecule has 6 amide bonds. The Kier molecular flexibility index (Phi) is 35.1. The molecule has 6 atom stereocenters. The number of amides is 6. The number of imide groups is 1. The van der Waals surface area contributed by atoms with Gasteiger partial charge in [0.1, 0.15) is 18.1 Å². The number of carbonyl (C=O) groups excluding carboxylic acids is 8. The van der Waals surface area contributed by atoms with Crippen LogP contribution < -0.4 is 29.7 Å². The maximum atomic E-state index is 14.3. The van der Waals surface area contributed by atoms with Crippen LogP contribution in [0.2, 0.25) is 0 Å². The Hall–Kier alpha value is -8.03. The average Bonchev–Trinajstić information content (AvgIpc) is 1.60. The summed E-state index contributed by atoms with van der Waals surface area (Å²) in [4.78, 5) is 116. The standard InChI is InChI=1S/C79H111N7O21/c1-9-60-44-65-67(48-70(60)105-22-11-10-12-23-106-72-47-66-64(46-71(72)96-8)76(92)84-50-54(4)40-61(84)49-81-66)86(78(94)68-41-55(5)51-85(68)77(65)93)79(95)107-52-59-16-14-58(15-17-59)43-69(88)57(7)82-74(90)63(53(2)3)45-62(87)18-24-97-26-28-99-30-32-101-34-36-103-38-39-104-37-35-102-33-31-100-29-27-98-25-20-80-19-13-21-83-73(89)42-56(6)75(83)91/h14-17,44,46-51,53,56-57,61,63,68,78,80,94H,9-13,18-43,45,52H2,1-8H3,(H,82,90)/t56?,57-,61-,63-,68-,78-/m0/s1. The largest absolute Gasteiger partial charge is 0.493 e. The first-order chi connectivity index (χ1) is 51.8. The number of hydrogen-bond donors (Lipinski definition) is 3. The summed E-state index contributed by atoms with van der Waals surface area (Å²) in [7, 11) is 1.54. The molecule has 0 radical (unpaired) electrons. The van der Waals surface area contributed by atoms with E-state index in [1.807, 2.05) is 40.8 Å². The molecule has 5 heterocycles. The highest BCUT2D eigenvalue weighted by Gasteiger charge is 2.45. The van der Waals surface area contributed by atoms with Crippen molar-refractivity contribution in [1.29, 1.82) is 0 Å². The van der Waals surface area contributed by atoms with Crippen LogP contribution >= 0.6 is 0 Å². The lowest BCUT2D eigenvalue weighted by Gasteiger charge is -2.31. The molecular formula is C79H111N7O21. The summed E-state index contributed by atoms with van der Waals surface area (Å²) in [6, 6.07) is 12.0. The summed E-state index contributed by atoms with van der Waals surface area (Å²) in [6.45, 7) is 21.7. The van der Waals surface area contributed by atoms with Crippen molar-refractivity contribution in [2.75, 3.05) is 151 Å². The van der Waals surface area contributed by atoms with Crippen molar-refractivity contribution < 1.29 is 100 Å². The molecule has 1 saturated heterocycles. The second kappa shape index (κ2) is 44.4. The number of Topliss-reactive ketones (excluding diaryl/α,β-unsaturated/α-hetero) is 2. The number of benzene rings is 3. The maximum absolute atomic E-state index is 14.3. The van der Waals surface area contributed by atoms with Crippen LogP contribution in [0.25, 0.3) is 0 Å². The Bertz CT molecular complexity index is 3530. The van der Waals surface area contributed by atoms with Gasteiger partial charge in [-0.1, -0.05) is 63.1 Å².